The lowest BCUT2D eigenvalue weighted by Crippen LogP contribution is -2.53. The van der Waals surface area contributed by atoms with Crippen molar-refractivity contribution in [3.63, 3.8) is 0 Å². The Balaban J connectivity index is 1.52. The first-order valence-electron chi connectivity index (χ1n) is 10.2. The largest absolute Gasteiger partial charge is 0.496 e. The van der Waals surface area contributed by atoms with E-state index in [1.54, 1.807) is 31.2 Å². The summed E-state index contributed by atoms with van der Waals surface area (Å²) in [6, 6.07) is 10.6. The number of amides is 1. The number of piperazine rings is 1. The number of carbonyl (C=O) groups excluding carboxylic acids is 1. The van der Waals surface area contributed by atoms with Crippen molar-refractivity contribution in [3.05, 3.63) is 65.2 Å². The first-order chi connectivity index (χ1) is 14.4. The van der Waals surface area contributed by atoms with Gasteiger partial charge in [-0.3, -0.25) is 14.6 Å². The second-order valence-corrected chi connectivity index (χ2v) is 7.77. The standard InChI is InChI=1S/C23H29F2N3O2/c1-17(23(29)26(2)15-18-5-4-6-20(24)13-18)28-11-9-27(10-12-28)16-19-14-21(25)7-8-22(19)30-3/h4-8,13-14,17H,9-12,15-16H2,1-3H3/t17-/m0/s1. The highest BCUT2D eigenvalue weighted by atomic mass is 19.1. The number of hydrogen-bond acceptors (Lipinski definition) is 4. The summed E-state index contributed by atoms with van der Waals surface area (Å²) in [7, 11) is 3.33. The molecule has 5 nitrogen and oxygen atoms in total. The third-order valence-electron chi connectivity index (χ3n) is 5.63. The van der Waals surface area contributed by atoms with E-state index in [-0.39, 0.29) is 23.6 Å². The maximum atomic E-state index is 13.6. The van der Waals surface area contributed by atoms with Crippen molar-refractivity contribution in [2.45, 2.75) is 26.1 Å². The molecule has 162 valence electrons. The molecule has 1 aliphatic heterocycles. The van der Waals surface area contributed by atoms with E-state index in [9.17, 15) is 13.6 Å². The van der Waals surface area contributed by atoms with Gasteiger partial charge in [0.2, 0.25) is 5.91 Å². The van der Waals surface area contributed by atoms with Crippen molar-refractivity contribution < 1.29 is 18.3 Å². The summed E-state index contributed by atoms with van der Waals surface area (Å²) >= 11 is 0. The topological polar surface area (TPSA) is 36.0 Å². The molecule has 2 aromatic rings. The van der Waals surface area contributed by atoms with E-state index < -0.39 is 0 Å². The Labute approximate surface area is 176 Å². The molecule has 1 atom stereocenters. The Morgan fingerprint density at radius 2 is 1.80 bits per heavy atom. The van der Waals surface area contributed by atoms with Crippen molar-refractivity contribution in [1.82, 2.24) is 14.7 Å². The van der Waals surface area contributed by atoms with Crippen LogP contribution in [-0.2, 0) is 17.9 Å². The van der Waals surface area contributed by atoms with Gasteiger partial charge in [0.1, 0.15) is 17.4 Å². The number of rotatable bonds is 7. The minimum absolute atomic E-state index is 0.0134. The van der Waals surface area contributed by atoms with Crippen LogP contribution in [0.15, 0.2) is 42.5 Å². The summed E-state index contributed by atoms with van der Waals surface area (Å²) in [5, 5.41) is 0. The minimum atomic E-state index is -0.299. The second-order valence-electron chi connectivity index (χ2n) is 7.77. The highest BCUT2D eigenvalue weighted by molar-refractivity contribution is 5.81. The van der Waals surface area contributed by atoms with E-state index in [4.69, 9.17) is 4.74 Å². The average molecular weight is 418 g/mol. The predicted octanol–water partition coefficient (Wildman–Crippen LogP) is 3.14. The summed E-state index contributed by atoms with van der Waals surface area (Å²) in [5.41, 5.74) is 1.59. The summed E-state index contributed by atoms with van der Waals surface area (Å²) in [6.07, 6.45) is 0. The molecule has 0 unspecified atom stereocenters. The maximum Gasteiger partial charge on any atom is 0.239 e. The van der Waals surface area contributed by atoms with Crippen LogP contribution in [0, 0.1) is 11.6 Å². The molecular formula is C23H29F2N3O2. The highest BCUT2D eigenvalue weighted by Crippen LogP contribution is 2.22. The van der Waals surface area contributed by atoms with Crippen molar-refractivity contribution in [2.24, 2.45) is 0 Å². The van der Waals surface area contributed by atoms with Crippen LogP contribution in [0.3, 0.4) is 0 Å². The van der Waals surface area contributed by atoms with Crippen molar-refractivity contribution in [1.29, 1.82) is 0 Å². The fourth-order valence-corrected chi connectivity index (χ4v) is 3.88. The second kappa shape index (κ2) is 10.00. The molecule has 1 fully saturated rings. The SMILES string of the molecule is COc1ccc(F)cc1CN1CCN([C@@H](C)C(=O)N(C)Cc2cccc(F)c2)CC1. The fourth-order valence-electron chi connectivity index (χ4n) is 3.88. The molecule has 3 rings (SSSR count). The molecule has 0 spiro atoms. The van der Waals surface area contributed by atoms with E-state index >= 15 is 0 Å². The number of nitrogens with zero attached hydrogens (tertiary/aromatic N) is 3. The molecule has 1 saturated heterocycles. The van der Waals surface area contributed by atoms with E-state index in [1.807, 2.05) is 13.0 Å². The number of ether oxygens (including phenoxy) is 1. The normalized spacial score (nSPS) is 16.3. The molecule has 30 heavy (non-hydrogen) atoms. The van der Waals surface area contributed by atoms with Crippen LogP contribution in [0.25, 0.3) is 0 Å². The van der Waals surface area contributed by atoms with Crippen LogP contribution in [0.4, 0.5) is 8.78 Å². The molecule has 2 aromatic carbocycles. The highest BCUT2D eigenvalue weighted by Gasteiger charge is 2.28. The van der Waals surface area contributed by atoms with Crippen LogP contribution in [0.5, 0.6) is 5.75 Å². The smallest absolute Gasteiger partial charge is 0.239 e. The first kappa shape index (κ1) is 22.2. The molecule has 1 amide bonds. The third kappa shape index (κ3) is 5.55. The van der Waals surface area contributed by atoms with E-state index in [1.165, 1.54) is 24.3 Å². The van der Waals surface area contributed by atoms with Gasteiger partial charge in [0.25, 0.3) is 0 Å². The van der Waals surface area contributed by atoms with Crippen LogP contribution in [0.2, 0.25) is 0 Å². The Kier molecular flexibility index (Phi) is 7.39. The molecule has 0 aliphatic carbocycles. The summed E-state index contributed by atoms with van der Waals surface area (Å²) in [6.45, 7) is 5.96. The van der Waals surface area contributed by atoms with Gasteiger partial charge >= 0.3 is 0 Å². The molecule has 7 heteroatoms. The molecule has 0 N–H and O–H groups in total. The summed E-state index contributed by atoms with van der Waals surface area (Å²) in [4.78, 5) is 18.9. The lowest BCUT2D eigenvalue weighted by atomic mass is 10.1. The molecule has 0 radical (unpaired) electrons. The Morgan fingerprint density at radius 3 is 2.47 bits per heavy atom. The van der Waals surface area contributed by atoms with Gasteiger partial charge in [-0.05, 0) is 42.8 Å². The summed E-state index contributed by atoms with van der Waals surface area (Å²) in [5.74, 6) is 0.123. The van der Waals surface area contributed by atoms with Crippen LogP contribution in [0.1, 0.15) is 18.1 Å². The van der Waals surface area contributed by atoms with Gasteiger partial charge < -0.3 is 9.64 Å². The van der Waals surface area contributed by atoms with Crippen molar-refractivity contribution in [3.8, 4) is 5.75 Å². The van der Waals surface area contributed by atoms with E-state index in [2.05, 4.69) is 9.80 Å². The Bertz CT molecular complexity index is 869. The van der Waals surface area contributed by atoms with Crippen LogP contribution < -0.4 is 4.74 Å². The molecular weight excluding hydrogens is 388 g/mol. The number of hydrogen-bond donors (Lipinski definition) is 0. The minimum Gasteiger partial charge on any atom is -0.496 e. The number of likely N-dealkylation sites (N-methyl/N-ethyl adjacent to an activating group) is 1. The van der Waals surface area contributed by atoms with Crippen LogP contribution >= 0.6 is 0 Å². The lowest BCUT2D eigenvalue weighted by molar-refractivity contribution is -0.136. The fraction of sp³-hybridized carbons (Fsp3) is 0.435. The first-order valence-corrected chi connectivity index (χ1v) is 10.2. The molecule has 0 bridgehead atoms. The summed E-state index contributed by atoms with van der Waals surface area (Å²) < 4.78 is 32.3. The predicted molar refractivity (Wildman–Crippen MR) is 112 cm³/mol. The van der Waals surface area contributed by atoms with Gasteiger partial charge in [0.05, 0.1) is 13.2 Å². The number of methoxy groups -OCH3 is 1. The number of benzene rings is 2. The quantitative estimate of drug-likeness (QED) is 0.694. The van der Waals surface area contributed by atoms with E-state index in [0.29, 0.717) is 18.8 Å². The van der Waals surface area contributed by atoms with E-state index in [0.717, 1.165) is 37.3 Å². The van der Waals surface area contributed by atoms with Gasteiger partial charge in [-0.1, -0.05) is 12.1 Å². The zero-order chi connectivity index (χ0) is 21.7. The number of halogens is 2. The average Bonchev–Trinajstić information content (AvgIpc) is 2.73. The van der Waals surface area contributed by atoms with Crippen molar-refractivity contribution in [2.75, 3.05) is 40.3 Å². The van der Waals surface area contributed by atoms with Crippen LogP contribution in [-0.4, -0.2) is 67.0 Å². The monoisotopic (exact) mass is 417 g/mol. The van der Waals surface area contributed by atoms with Gasteiger partial charge in [0, 0.05) is 51.9 Å². The molecule has 1 heterocycles. The maximum absolute atomic E-state index is 13.6. The van der Waals surface area contributed by atoms with Gasteiger partial charge in [-0.15, -0.1) is 0 Å². The lowest BCUT2D eigenvalue weighted by Gasteiger charge is -2.38. The van der Waals surface area contributed by atoms with Gasteiger partial charge in [0.15, 0.2) is 0 Å². The zero-order valence-electron chi connectivity index (χ0n) is 17.8. The number of carbonyl (C=O) groups is 1. The third-order valence-corrected chi connectivity index (χ3v) is 5.63. The molecule has 1 aliphatic rings. The van der Waals surface area contributed by atoms with Gasteiger partial charge in [-0.2, -0.15) is 0 Å². The molecule has 0 saturated carbocycles. The zero-order valence-corrected chi connectivity index (χ0v) is 17.8. The van der Waals surface area contributed by atoms with Gasteiger partial charge in [-0.25, -0.2) is 8.78 Å². The Hall–Kier alpha value is -2.51. The van der Waals surface area contributed by atoms with Crippen molar-refractivity contribution >= 4 is 5.91 Å². The molecule has 0 aromatic heterocycles. The Morgan fingerprint density at radius 1 is 1.10 bits per heavy atom.